The van der Waals surface area contributed by atoms with Gasteiger partial charge in [-0.15, -0.1) is 0 Å². The second-order valence-electron chi connectivity index (χ2n) is 4.73. The predicted molar refractivity (Wildman–Crippen MR) is 83.6 cm³/mol. The van der Waals surface area contributed by atoms with Crippen LogP contribution >= 0.6 is 11.3 Å². The molecule has 0 aromatic carbocycles. The summed E-state index contributed by atoms with van der Waals surface area (Å²) in [6.07, 6.45) is 5.98. The van der Waals surface area contributed by atoms with Gasteiger partial charge in [0.25, 0.3) is 0 Å². The Morgan fingerprint density at radius 2 is 2.32 bits per heavy atom. The first kappa shape index (κ1) is 14.4. The SMILES string of the molecule is O=C(CCc1ccsc1)NCc1cccnc1-n1cncn1. The lowest BCUT2D eigenvalue weighted by Gasteiger charge is -2.09. The van der Waals surface area contributed by atoms with Crippen LogP contribution in [0.5, 0.6) is 0 Å². The monoisotopic (exact) mass is 313 g/mol. The number of nitrogens with one attached hydrogen (secondary N) is 1. The van der Waals surface area contributed by atoms with Crippen molar-refractivity contribution in [3.05, 3.63) is 58.9 Å². The molecule has 1 amide bonds. The van der Waals surface area contributed by atoms with Crippen LogP contribution in [-0.4, -0.2) is 25.7 Å². The molecule has 0 aliphatic heterocycles. The fourth-order valence-corrected chi connectivity index (χ4v) is 2.77. The average molecular weight is 313 g/mol. The Kier molecular flexibility index (Phi) is 4.55. The molecule has 6 nitrogen and oxygen atoms in total. The molecular weight excluding hydrogens is 298 g/mol. The van der Waals surface area contributed by atoms with Crippen LogP contribution in [0.2, 0.25) is 0 Å². The fourth-order valence-electron chi connectivity index (χ4n) is 2.07. The molecule has 0 atom stereocenters. The largest absolute Gasteiger partial charge is 0.352 e. The van der Waals surface area contributed by atoms with E-state index in [0.29, 0.717) is 18.8 Å². The fraction of sp³-hybridized carbons (Fsp3) is 0.200. The number of hydrogen-bond donors (Lipinski definition) is 1. The van der Waals surface area contributed by atoms with Crippen LogP contribution in [0.3, 0.4) is 0 Å². The van der Waals surface area contributed by atoms with Gasteiger partial charge in [0, 0.05) is 24.7 Å². The van der Waals surface area contributed by atoms with E-state index in [1.807, 2.05) is 23.6 Å². The number of aryl methyl sites for hydroxylation is 1. The summed E-state index contributed by atoms with van der Waals surface area (Å²) in [7, 11) is 0. The number of pyridine rings is 1. The van der Waals surface area contributed by atoms with Gasteiger partial charge >= 0.3 is 0 Å². The Morgan fingerprint density at radius 1 is 1.36 bits per heavy atom. The lowest BCUT2D eigenvalue weighted by Crippen LogP contribution is -2.24. The number of hydrogen-bond acceptors (Lipinski definition) is 5. The third kappa shape index (κ3) is 3.56. The molecule has 0 spiro atoms. The summed E-state index contributed by atoms with van der Waals surface area (Å²) < 4.78 is 1.59. The minimum atomic E-state index is 0.0274. The van der Waals surface area contributed by atoms with Gasteiger partial charge in [-0.25, -0.2) is 14.6 Å². The summed E-state index contributed by atoms with van der Waals surface area (Å²) in [4.78, 5) is 20.2. The van der Waals surface area contributed by atoms with Gasteiger partial charge in [0.1, 0.15) is 12.7 Å². The summed E-state index contributed by atoms with van der Waals surface area (Å²) in [5.41, 5.74) is 2.10. The van der Waals surface area contributed by atoms with Crippen molar-refractivity contribution < 1.29 is 4.79 Å². The topological polar surface area (TPSA) is 72.7 Å². The van der Waals surface area contributed by atoms with E-state index in [-0.39, 0.29) is 5.91 Å². The van der Waals surface area contributed by atoms with Crippen molar-refractivity contribution >= 4 is 17.2 Å². The first-order valence-electron chi connectivity index (χ1n) is 6.89. The molecule has 0 aliphatic carbocycles. The zero-order chi connectivity index (χ0) is 15.2. The first-order valence-corrected chi connectivity index (χ1v) is 7.84. The number of aromatic nitrogens is 4. The molecule has 3 aromatic heterocycles. The lowest BCUT2D eigenvalue weighted by atomic mass is 10.2. The molecular formula is C15H15N5OS. The average Bonchev–Trinajstić information content (AvgIpc) is 3.24. The Hall–Kier alpha value is -2.54. The van der Waals surface area contributed by atoms with Gasteiger partial charge in [0.05, 0.1) is 0 Å². The van der Waals surface area contributed by atoms with E-state index in [2.05, 4.69) is 25.8 Å². The molecule has 3 heterocycles. The van der Waals surface area contributed by atoms with Crippen LogP contribution in [0.15, 0.2) is 47.8 Å². The number of nitrogens with zero attached hydrogens (tertiary/aromatic N) is 4. The highest BCUT2D eigenvalue weighted by Crippen LogP contribution is 2.10. The lowest BCUT2D eigenvalue weighted by molar-refractivity contribution is -0.121. The third-order valence-electron chi connectivity index (χ3n) is 3.20. The maximum Gasteiger partial charge on any atom is 0.220 e. The van der Waals surface area contributed by atoms with Crippen LogP contribution in [0.4, 0.5) is 0 Å². The first-order chi connectivity index (χ1) is 10.8. The van der Waals surface area contributed by atoms with E-state index in [1.165, 1.54) is 11.9 Å². The Balaban J connectivity index is 1.58. The van der Waals surface area contributed by atoms with Crippen molar-refractivity contribution in [3.8, 4) is 5.82 Å². The number of amides is 1. The molecule has 0 bridgehead atoms. The highest BCUT2D eigenvalue weighted by Gasteiger charge is 2.08. The second-order valence-corrected chi connectivity index (χ2v) is 5.51. The van der Waals surface area contributed by atoms with Gasteiger partial charge in [-0.1, -0.05) is 6.07 Å². The summed E-state index contributed by atoms with van der Waals surface area (Å²) in [6.45, 7) is 0.422. The van der Waals surface area contributed by atoms with E-state index in [4.69, 9.17) is 0 Å². The van der Waals surface area contributed by atoms with Crippen LogP contribution in [-0.2, 0) is 17.8 Å². The second kappa shape index (κ2) is 6.95. The molecule has 0 fully saturated rings. The zero-order valence-electron chi connectivity index (χ0n) is 11.8. The van der Waals surface area contributed by atoms with Crippen molar-refractivity contribution in [1.29, 1.82) is 0 Å². The highest BCUT2D eigenvalue weighted by molar-refractivity contribution is 7.07. The smallest absolute Gasteiger partial charge is 0.220 e. The van der Waals surface area contributed by atoms with Gasteiger partial charge in [-0.3, -0.25) is 4.79 Å². The van der Waals surface area contributed by atoms with Crippen molar-refractivity contribution in [1.82, 2.24) is 25.1 Å². The normalized spacial score (nSPS) is 10.5. The van der Waals surface area contributed by atoms with Crippen LogP contribution in [0.1, 0.15) is 17.5 Å². The molecule has 3 rings (SSSR count). The number of thiophene rings is 1. The predicted octanol–water partition coefficient (Wildman–Crippen LogP) is 1.97. The standard InChI is InChI=1S/C15H15N5OS/c21-14(4-3-12-5-7-22-9-12)18-8-13-2-1-6-17-15(13)20-11-16-10-19-20/h1-2,5-7,9-11H,3-4,8H2,(H,18,21). The molecule has 3 aromatic rings. The van der Waals surface area contributed by atoms with E-state index in [0.717, 1.165) is 12.0 Å². The molecule has 0 unspecified atom stereocenters. The molecule has 0 aliphatic rings. The van der Waals surface area contributed by atoms with E-state index in [9.17, 15) is 4.79 Å². The van der Waals surface area contributed by atoms with E-state index < -0.39 is 0 Å². The van der Waals surface area contributed by atoms with Crippen molar-refractivity contribution in [3.63, 3.8) is 0 Å². The minimum Gasteiger partial charge on any atom is -0.352 e. The Morgan fingerprint density at radius 3 is 3.09 bits per heavy atom. The number of carbonyl (C=O) groups is 1. The van der Waals surface area contributed by atoms with Crippen molar-refractivity contribution in [2.24, 2.45) is 0 Å². The van der Waals surface area contributed by atoms with Crippen LogP contribution in [0.25, 0.3) is 5.82 Å². The van der Waals surface area contributed by atoms with Crippen LogP contribution < -0.4 is 5.32 Å². The molecule has 22 heavy (non-hydrogen) atoms. The molecule has 7 heteroatoms. The minimum absolute atomic E-state index is 0.0274. The number of rotatable bonds is 6. The van der Waals surface area contributed by atoms with Crippen LogP contribution in [0, 0.1) is 0 Å². The molecule has 0 saturated carbocycles. The molecule has 0 saturated heterocycles. The van der Waals surface area contributed by atoms with E-state index >= 15 is 0 Å². The van der Waals surface area contributed by atoms with Crippen molar-refractivity contribution in [2.75, 3.05) is 0 Å². The quantitative estimate of drug-likeness (QED) is 0.755. The van der Waals surface area contributed by atoms with Gasteiger partial charge < -0.3 is 5.32 Å². The number of carbonyl (C=O) groups excluding carboxylic acids is 1. The van der Waals surface area contributed by atoms with Gasteiger partial charge in [-0.2, -0.15) is 16.4 Å². The maximum absolute atomic E-state index is 11.9. The zero-order valence-corrected chi connectivity index (χ0v) is 12.7. The summed E-state index contributed by atoms with van der Waals surface area (Å²) >= 11 is 1.65. The van der Waals surface area contributed by atoms with Gasteiger partial charge in [-0.05, 0) is 34.9 Å². The maximum atomic E-state index is 11.9. The van der Waals surface area contributed by atoms with Crippen molar-refractivity contribution in [2.45, 2.75) is 19.4 Å². The third-order valence-corrected chi connectivity index (χ3v) is 3.93. The molecule has 0 radical (unpaired) electrons. The summed E-state index contributed by atoms with van der Waals surface area (Å²) in [5, 5.41) is 11.1. The van der Waals surface area contributed by atoms with Gasteiger partial charge in [0.15, 0.2) is 5.82 Å². The Labute approximate surface area is 131 Å². The highest BCUT2D eigenvalue weighted by atomic mass is 32.1. The molecule has 1 N–H and O–H groups in total. The summed E-state index contributed by atoms with van der Waals surface area (Å²) in [6, 6.07) is 5.80. The molecule has 112 valence electrons. The van der Waals surface area contributed by atoms with E-state index in [1.54, 1.807) is 28.5 Å². The Bertz CT molecular complexity index is 724. The summed E-state index contributed by atoms with van der Waals surface area (Å²) in [5.74, 6) is 0.706. The van der Waals surface area contributed by atoms with Gasteiger partial charge in [0.2, 0.25) is 5.91 Å².